The molecule has 90 valence electrons. The zero-order valence-corrected chi connectivity index (χ0v) is 11.5. The highest BCUT2D eigenvalue weighted by molar-refractivity contribution is 4.91. The van der Waals surface area contributed by atoms with Crippen LogP contribution < -0.4 is 0 Å². The van der Waals surface area contributed by atoms with Crippen molar-refractivity contribution in [1.29, 1.82) is 0 Å². The van der Waals surface area contributed by atoms with Crippen LogP contribution in [0.1, 0.15) is 48.5 Å². The average molecular weight is 212 g/mol. The van der Waals surface area contributed by atoms with Gasteiger partial charge in [0.25, 0.3) is 0 Å². The molecule has 0 bridgehead atoms. The Bertz CT molecular complexity index is 205. The second-order valence-electron chi connectivity index (χ2n) is 6.31. The van der Waals surface area contributed by atoms with Crippen LogP contribution in [0.2, 0.25) is 0 Å². The molecule has 0 aliphatic carbocycles. The summed E-state index contributed by atoms with van der Waals surface area (Å²) in [4.78, 5) is 5.25. The van der Waals surface area contributed by atoms with Gasteiger partial charge in [-0.15, -0.1) is 0 Å². The molecular weight excluding hydrogens is 184 g/mol. The SMILES string of the molecule is CC(C)N1CC(C)N(C(C)(C)C)CC1C. The van der Waals surface area contributed by atoms with Crippen LogP contribution in [0.15, 0.2) is 0 Å². The summed E-state index contributed by atoms with van der Waals surface area (Å²) in [5.74, 6) is 0. The quantitative estimate of drug-likeness (QED) is 0.659. The van der Waals surface area contributed by atoms with Crippen LogP contribution >= 0.6 is 0 Å². The first-order chi connectivity index (χ1) is 6.73. The number of rotatable bonds is 1. The normalized spacial score (nSPS) is 31.2. The molecule has 15 heavy (non-hydrogen) atoms. The Morgan fingerprint density at radius 3 is 1.93 bits per heavy atom. The van der Waals surface area contributed by atoms with Gasteiger partial charge in [-0.25, -0.2) is 0 Å². The molecule has 2 atom stereocenters. The third-order valence-electron chi connectivity index (χ3n) is 3.56. The second kappa shape index (κ2) is 4.42. The Morgan fingerprint density at radius 1 is 1.00 bits per heavy atom. The molecular formula is C13H28N2. The maximum absolute atomic E-state index is 2.64. The number of hydrogen-bond donors (Lipinski definition) is 0. The van der Waals surface area contributed by atoms with Crippen LogP contribution in [0.3, 0.4) is 0 Å². The van der Waals surface area contributed by atoms with Gasteiger partial charge in [-0.05, 0) is 48.5 Å². The van der Waals surface area contributed by atoms with Crippen molar-refractivity contribution < 1.29 is 0 Å². The maximum atomic E-state index is 2.64. The maximum Gasteiger partial charge on any atom is 0.0200 e. The van der Waals surface area contributed by atoms with E-state index >= 15 is 0 Å². The fourth-order valence-electron chi connectivity index (χ4n) is 2.81. The number of nitrogens with zero attached hydrogens (tertiary/aromatic N) is 2. The lowest BCUT2D eigenvalue weighted by Crippen LogP contribution is -2.62. The first-order valence-electron chi connectivity index (χ1n) is 6.26. The van der Waals surface area contributed by atoms with Crippen molar-refractivity contribution >= 4 is 0 Å². The van der Waals surface area contributed by atoms with E-state index in [9.17, 15) is 0 Å². The van der Waals surface area contributed by atoms with E-state index in [0.717, 1.165) is 0 Å². The lowest BCUT2D eigenvalue weighted by atomic mass is 9.97. The van der Waals surface area contributed by atoms with Gasteiger partial charge in [0.15, 0.2) is 0 Å². The molecule has 1 saturated heterocycles. The standard InChI is InChI=1S/C13H28N2/c1-10(2)14-8-12(4)15(9-11(14)3)13(5,6)7/h10-12H,8-9H2,1-7H3. The van der Waals surface area contributed by atoms with E-state index in [1.165, 1.54) is 13.1 Å². The smallest absolute Gasteiger partial charge is 0.0200 e. The summed E-state index contributed by atoms with van der Waals surface area (Å²) < 4.78 is 0. The Labute approximate surface area is 95.6 Å². The van der Waals surface area contributed by atoms with Gasteiger partial charge < -0.3 is 0 Å². The Balaban J connectivity index is 2.71. The van der Waals surface area contributed by atoms with Crippen molar-refractivity contribution in [3.05, 3.63) is 0 Å². The highest BCUT2D eigenvalue weighted by Crippen LogP contribution is 2.24. The summed E-state index contributed by atoms with van der Waals surface area (Å²) in [6.45, 7) is 18.7. The molecule has 2 heteroatoms. The average Bonchev–Trinajstić information content (AvgIpc) is 2.06. The predicted molar refractivity (Wildman–Crippen MR) is 67.2 cm³/mol. The molecule has 2 unspecified atom stereocenters. The minimum Gasteiger partial charge on any atom is -0.295 e. The van der Waals surface area contributed by atoms with Crippen molar-refractivity contribution in [1.82, 2.24) is 9.80 Å². The van der Waals surface area contributed by atoms with Crippen LogP contribution in [0, 0.1) is 0 Å². The molecule has 0 amide bonds. The van der Waals surface area contributed by atoms with Gasteiger partial charge in [-0.1, -0.05) is 0 Å². The summed E-state index contributed by atoms with van der Waals surface area (Å²) in [7, 11) is 0. The largest absolute Gasteiger partial charge is 0.295 e. The van der Waals surface area contributed by atoms with Crippen molar-refractivity contribution in [2.24, 2.45) is 0 Å². The van der Waals surface area contributed by atoms with Gasteiger partial charge in [0, 0.05) is 36.8 Å². The fourth-order valence-corrected chi connectivity index (χ4v) is 2.81. The summed E-state index contributed by atoms with van der Waals surface area (Å²) in [6, 6.07) is 2.02. The van der Waals surface area contributed by atoms with Crippen LogP contribution in [-0.4, -0.2) is 46.6 Å². The van der Waals surface area contributed by atoms with Gasteiger partial charge in [-0.3, -0.25) is 9.80 Å². The molecule has 1 aliphatic rings. The summed E-state index contributed by atoms with van der Waals surface area (Å²) in [6.07, 6.45) is 0. The minimum atomic E-state index is 0.302. The van der Waals surface area contributed by atoms with E-state index in [1.54, 1.807) is 0 Å². The van der Waals surface area contributed by atoms with Crippen LogP contribution in [0.4, 0.5) is 0 Å². The minimum absolute atomic E-state index is 0.302. The van der Waals surface area contributed by atoms with E-state index < -0.39 is 0 Å². The molecule has 1 heterocycles. The predicted octanol–water partition coefficient (Wildman–Crippen LogP) is 2.59. The fraction of sp³-hybridized carbons (Fsp3) is 1.00. The van der Waals surface area contributed by atoms with Gasteiger partial charge in [0.05, 0.1) is 0 Å². The Kier molecular flexibility index (Phi) is 3.83. The molecule has 0 N–H and O–H groups in total. The zero-order chi connectivity index (χ0) is 11.8. The number of piperazine rings is 1. The van der Waals surface area contributed by atoms with Crippen LogP contribution in [0.5, 0.6) is 0 Å². The second-order valence-corrected chi connectivity index (χ2v) is 6.31. The first kappa shape index (κ1) is 13.0. The molecule has 0 aromatic rings. The van der Waals surface area contributed by atoms with E-state index in [0.29, 0.717) is 23.7 Å². The molecule has 0 aromatic heterocycles. The van der Waals surface area contributed by atoms with Crippen molar-refractivity contribution in [3.8, 4) is 0 Å². The van der Waals surface area contributed by atoms with Crippen LogP contribution in [0.25, 0.3) is 0 Å². The summed E-state index contributed by atoms with van der Waals surface area (Å²) in [5.41, 5.74) is 0.302. The molecule has 0 radical (unpaired) electrons. The van der Waals surface area contributed by atoms with Gasteiger partial charge >= 0.3 is 0 Å². The van der Waals surface area contributed by atoms with E-state index in [2.05, 4.69) is 58.3 Å². The van der Waals surface area contributed by atoms with E-state index in [-0.39, 0.29) is 0 Å². The van der Waals surface area contributed by atoms with Gasteiger partial charge in [-0.2, -0.15) is 0 Å². The molecule has 1 rings (SSSR count). The molecule has 1 fully saturated rings. The van der Waals surface area contributed by atoms with E-state index in [1.807, 2.05) is 0 Å². The first-order valence-corrected chi connectivity index (χ1v) is 6.26. The Hall–Kier alpha value is -0.0800. The monoisotopic (exact) mass is 212 g/mol. The lowest BCUT2D eigenvalue weighted by Gasteiger charge is -2.51. The van der Waals surface area contributed by atoms with E-state index in [4.69, 9.17) is 0 Å². The van der Waals surface area contributed by atoms with Crippen molar-refractivity contribution in [3.63, 3.8) is 0 Å². The Morgan fingerprint density at radius 2 is 1.53 bits per heavy atom. The van der Waals surface area contributed by atoms with Gasteiger partial charge in [0.2, 0.25) is 0 Å². The molecule has 0 saturated carbocycles. The molecule has 2 nitrogen and oxygen atoms in total. The highest BCUT2D eigenvalue weighted by atomic mass is 15.3. The summed E-state index contributed by atoms with van der Waals surface area (Å²) >= 11 is 0. The number of hydrogen-bond acceptors (Lipinski definition) is 2. The summed E-state index contributed by atoms with van der Waals surface area (Å²) in [5, 5.41) is 0. The third kappa shape index (κ3) is 2.94. The lowest BCUT2D eigenvalue weighted by molar-refractivity contribution is -0.0233. The topological polar surface area (TPSA) is 6.48 Å². The zero-order valence-electron chi connectivity index (χ0n) is 11.5. The van der Waals surface area contributed by atoms with Crippen molar-refractivity contribution in [2.45, 2.75) is 72.1 Å². The van der Waals surface area contributed by atoms with Crippen LogP contribution in [-0.2, 0) is 0 Å². The van der Waals surface area contributed by atoms with Gasteiger partial charge in [0.1, 0.15) is 0 Å². The molecule has 0 spiro atoms. The molecule has 0 aromatic carbocycles. The third-order valence-corrected chi connectivity index (χ3v) is 3.56. The van der Waals surface area contributed by atoms with Crippen molar-refractivity contribution in [2.75, 3.05) is 13.1 Å². The molecule has 1 aliphatic heterocycles. The highest BCUT2D eigenvalue weighted by Gasteiger charge is 2.35.